The van der Waals surface area contributed by atoms with Gasteiger partial charge in [0.25, 0.3) is 5.91 Å². The highest BCUT2D eigenvalue weighted by Crippen LogP contribution is 2.60. The van der Waals surface area contributed by atoms with Gasteiger partial charge in [0.05, 0.1) is 24.5 Å². The fourth-order valence-corrected chi connectivity index (χ4v) is 7.55. The average molecular weight is 604 g/mol. The molecule has 0 aliphatic carbocycles. The van der Waals surface area contributed by atoms with E-state index in [1.54, 1.807) is 22.0 Å². The number of anilines is 1. The minimum absolute atomic E-state index is 0.0120. The van der Waals surface area contributed by atoms with E-state index in [0.717, 1.165) is 23.2 Å². The van der Waals surface area contributed by atoms with Gasteiger partial charge in [-0.25, -0.2) is 0 Å². The number of allylic oxidation sites excluding steroid dienone is 1. The number of amides is 2. The van der Waals surface area contributed by atoms with Crippen LogP contribution in [0.1, 0.15) is 43.2 Å². The number of benzene rings is 1. The standard InChI is InChI=1S/C30H39BrN2O6/c1-5-7-10-17-38-29(37)22-23-27(35)33(15-8-9-16-34)26(30(23)18-21(31)25(22)39-30)28(36)32(14-6-2)24-19(3)12-11-13-20(24)4/h5-6,11-13,21-23,25-26,34H,1-2,7-10,14-18H2,3-4H3/t21?,22-,23+,25-,26?,30?/m1/s1. The molecular formula is C30H39BrN2O6. The third-order valence-corrected chi connectivity index (χ3v) is 9.03. The largest absolute Gasteiger partial charge is 0.465 e. The third-order valence-electron chi connectivity index (χ3n) is 8.19. The molecule has 0 radical (unpaired) electrons. The lowest BCUT2D eigenvalue weighted by Gasteiger charge is -2.37. The van der Waals surface area contributed by atoms with E-state index in [-0.39, 0.29) is 42.9 Å². The van der Waals surface area contributed by atoms with Crippen LogP contribution in [-0.2, 0) is 23.9 Å². The Hall–Kier alpha value is -2.49. The lowest BCUT2D eigenvalue weighted by atomic mass is 9.70. The number of likely N-dealkylation sites (tertiary alicyclic amines) is 1. The first-order valence-corrected chi connectivity index (χ1v) is 14.6. The Labute approximate surface area is 239 Å². The molecule has 0 aromatic heterocycles. The predicted molar refractivity (Wildman–Crippen MR) is 153 cm³/mol. The zero-order chi connectivity index (χ0) is 28.3. The van der Waals surface area contributed by atoms with Crippen molar-refractivity contribution in [2.75, 3.05) is 31.2 Å². The summed E-state index contributed by atoms with van der Waals surface area (Å²) in [6.07, 6.45) is 5.70. The van der Waals surface area contributed by atoms with Gasteiger partial charge in [0, 0.05) is 30.2 Å². The second-order valence-electron chi connectivity index (χ2n) is 10.7. The van der Waals surface area contributed by atoms with Crippen molar-refractivity contribution in [3.63, 3.8) is 0 Å². The molecule has 1 spiro atoms. The lowest BCUT2D eigenvalue weighted by Crippen LogP contribution is -2.57. The molecule has 6 atom stereocenters. The minimum atomic E-state index is -1.16. The van der Waals surface area contributed by atoms with Gasteiger partial charge in [-0.05, 0) is 57.1 Å². The molecule has 1 aromatic rings. The molecule has 3 saturated heterocycles. The van der Waals surface area contributed by atoms with Gasteiger partial charge in [-0.1, -0.05) is 46.3 Å². The summed E-state index contributed by atoms with van der Waals surface area (Å²) in [4.78, 5) is 45.1. The van der Waals surface area contributed by atoms with E-state index < -0.39 is 35.6 Å². The number of rotatable bonds is 13. The maximum Gasteiger partial charge on any atom is 0.312 e. The number of unbranched alkanes of at least 4 members (excludes halogenated alkanes) is 2. The molecule has 2 bridgehead atoms. The van der Waals surface area contributed by atoms with Crippen molar-refractivity contribution >= 4 is 39.4 Å². The number of carbonyl (C=O) groups is 3. The quantitative estimate of drug-likeness (QED) is 0.159. The van der Waals surface area contributed by atoms with Crippen LogP contribution in [0, 0.1) is 25.7 Å². The van der Waals surface area contributed by atoms with Gasteiger partial charge < -0.3 is 24.4 Å². The van der Waals surface area contributed by atoms with E-state index in [1.165, 1.54) is 0 Å². The first-order valence-electron chi connectivity index (χ1n) is 13.7. The Morgan fingerprint density at radius 2 is 1.95 bits per heavy atom. The van der Waals surface area contributed by atoms with Gasteiger partial charge in [0.15, 0.2) is 0 Å². The molecule has 3 aliphatic heterocycles. The maximum atomic E-state index is 14.6. The molecule has 8 nitrogen and oxygen atoms in total. The van der Waals surface area contributed by atoms with E-state index in [2.05, 4.69) is 29.1 Å². The Balaban J connectivity index is 1.74. The Morgan fingerprint density at radius 1 is 1.23 bits per heavy atom. The van der Waals surface area contributed by atoms with Crippen molar-refractivity contribution in [1.82, 2.24) is 4.90 Å². The van der Waals surface area contributed by atoms with Crippen LogP contribution in [-0.4, -0.2) is 76.7 Å². The molecule has 3 unspecified atom stereocenters. The maximum absolute atomic E-state index is 14.6. The van der Waals surface area contributed by atoms with E-state index in [1.807, 2.05) is 32.0 Å². The number of fused-ring (bicyclic) bond motifs is 1. The summed E-state index contributed by atoms with van der Waals surface area (Å²) in [6.45, 7) is 12.3. The van der Waals surface area contributed by atoms with Gasteiger partial charge >= 0.3 is 5.97 Å². The number of aliphatic hydroxyl groups excluding tert-OH is 1. The smallest absolute Gasteiger partial charge is 0.312 e. The molecule has 4 rings (SSSR count). The number of alkyl halides is 1. The number of aliphatic hydroxyl groups is 1. The summed E-state index contributed by atoms with van der Waals surface area (Å²) in [5.74, 6) is -2.59. The van der Waals surface area contributed by atoms with Crippen LogP contribution in [0.15, 0.2) is 43.5 Å². The fourth-order valence-electron chi connectivity index (χ4n) is 6.61. The molecule has 3 fully saturated rings. The van der Waals surface area contributed by atoms with Crippen LogP contribution in [0.25, 0.3) is 0 Å². The zero-order valence-corrected chi connectivity index (χ0v) is 24.4. The van der Waals surface area contributed by atoms with Crippen molar-refractivity contribution in [3.05, 3.63) is 54.6 Å². The number of hydrogen-bond donors (Lipinski definition) is 1. The number of nitrogens with zero attached hydrogens (tertiary/aromatic N) is 2. The summed E-state index contributed by atoms with van der Waals surface area (Å²) >= 11 is 3.69. The summed E-state index contributed by atoms with van der Waals surface area (Å²) < 4.78 is 12.2. The Kier molecular flexibility index (Phi) is 9.34. The molecule has 0 saturated carbocycles. The SMILES string of the molecule is C=CCCCOC(=O)[C@H]1[C@@H]2OC3(CC2Br)C(C(=O)N(CC=C)c2c(C)cccc2C)N(CCCCO)C(=O)[C@H]13. The van der Waals surface area contributed by atoms with Crippen molar-refractivity contribution in [2.45, 2.75) is 68.5 Å². The summed E-state index contributed by atoms with van der Waals surface area (Å²) in [7, 11) is 0. The van der Waals surface area contributed by atoms with Crippen molar-refractivity contribution < 1.29 is 29.0 Å². The first-order chi connectivity index (χ1) is 18.7. The van der Waals surface area contributed by atoms with Crippen molar-refractivity contribution in [3.8, 4) is 0 Å². The number of aryl methyl sites for hydroxylation is 2. The minimum Gasteiger partial charge on any atom is -0.465 e. The number of hydrogen-bond acceptors (Lipinski definition) is 6. The molecule has 1 N–H and O–H groups in total. The van der Waals surface area contributed by atoms with Gasteiger partial charge in [0.2, 0.25) is 5.91 Å². The van der Waals surface area contributed by atoms with Crippen molar-refractivity contribution in [1.29, 1.82) is 0 Å². The molecule has 212 valence electrons. The molecule has 3 aliphatic rings. The van der Waals surface area contributed by atoms with Crippen LogP contribution in [0.4, 0.5) is 5.69 Å². The van der Waals surface area contributed by atoms with Gasteiger partial charge in [-0.3, -0.25) is 14.4 Å². The topological polar surface area (TPSA) is 96.4 Å². The molecule has 39 heavy (non-hydrogen) atoms. The first kappa shape index (κ1) is 29.5. The monoisotopic (exact) mass is 602 g/mol. The molecule has 2 amide bonds. The van der Waals surface area contributed by atoms with Crippen molar-refractivity contribution in [2.24, 2.45) is 11.8 Å². The number of halogens is 1. The average Bonchev–Trinajstić information content (AvgIpc) is 3.49. The number of esters is 1. The van der Waals surface area contributed by atoms with Crippen LogP contribution >= 0.6 is 15.9 Å². The molecular weight excluding hydrogens is 564 g/mol. The highest BCUT2D eigenvalue weighted by molar-refractivity contribution is 9.09. The Morgan fingerprint density at radius 3 is 2.59 bits per heavy atom. The van der Waals surface area contributed by atoms with E-state index in [4.69, 9.17) is 9.47 Å². The lowest BCUT2D eigenvalue weighted by molar-refractivity contribution is -0.155. The number of para-hydroxylation sites is 1. The highest BCUT2D eigenvalue weighted by Gasteiger charge is 2.77. The Bertz CT molecular complexity index is 1100. The van der Waals surface area contributed by atoms with E-state index in [9.17, 15) is 19.5 Å². The summed E-state index contributed by atoms with van der Waals surface area (Å²) in [5.41, 5.74) is 1.50. The summed E-state index contributed by atoms with van der Waals surface area (Å²) in [6, 6.07) is 4.94. The van der Waals surface area contributed by atoms with Crippen LogP contribution in [0.2, 0.25) is 0 Å². The normalized spacial score (nSPS) is 28.9. The van der Waals surface area contributed by atoms with Crippen LogP contribution < -0.4 is 4.90 Å². The van der Waals surface area contributed by atoms with E-state index in [0.29, 0.717) is 25.7 Å². The van der Waals surface area contributed by atoms with Crippen LogP contribution in [0.5, 0.6) is 0 Å². The van der Waals surface area contributed by atoms with E-state index >= 15 is 0 Å². The predicted octanol–water partition coefficient (Wildman–Crippen LogP) is 3.85. The third kappa shape index (κ3) is 5.21. The number of ether oxygens (including phenoxy) is 2. The zero-order valence-electron chi connectivity index (χ0n) is 22.8. The molecule has 3 heterocycles. The molecule has 1 aromatic carbocycles. The summed E-state index contributed by atoms with van der Waals surface area (Å²) in [5, 5.41) is 9.40. The van der Waals surface area contributed by atoms with Crippen LogP contribution in [0.3, 0.4) is 0 Å². The fraction of sp³-hybridized carbons (Fsp3) is 0.567. The molecule has 9 heteroatoms. The highest BCUT2D eigenvalue weighted by atomic mass is 79.9. The van der Waals surface area contributed by atoms with Gasteiger partial charge in [0.1, 0.15) is 11.6 Å². The second kappa shape index (κ2) is 12.4. The number of carbonyl (C=O) groups excluding carboxylic acids is 3. The van der Waals surface area contributed by atoms with Gasteiger partial charge in [-0.15, -0.1) is 13.2 Å². The van der Waals surface area contributed by atoms with Gasteiger partial charge in [-0.2, -0.15) is 0 Å². The second-order valence-corrected chi connectivity index (χ2v) is 11.9.